The lowest BCUT2D eigenvalue weighted by molar-refractivity contribution is -0.116. The lowest BCUT2D eigenvalue weighted by atomic mass is 10.1. The number of carbonyl (C=O) groups excluding carboxylic acids is 1. The molecule has 0 heterocycles. The first kappa shape index (κ1) is 21.4. The van der Waals surface area contributed by atoms with Gasteiger partial charge in [-0.1, -0.05) is 0 Å². The van der Waals surface area contributed by atoms with Gasteiger partial charge in [-0.15, -0.1) is 0 Å². The van der Waals surface area contributed by atoms with Gasteiger partial charge in [0.05, 0.1) is 33.3 Å². The maximum atomic E-state index is 12.3. The van der Waals surface area contributed by atoms with Crippen molar-refractivity contribution in [2.75, 3.05) is 37.6 Å². The van der Waals surface area contributed by atoms with E-state index in [0.29, 0.717) is 29.4 Å². The van der Waals surface area contributed by atoms with Crippen LogP contribution in [0.15, 0.2) is 36.4 Å². The lowest BCUT2D eigenvalue weighted by Crippen LogP contribution is -2.14. The van der Waals surface area contributed by atoms with E-state index >= 15 is 0 Å². The average molecular weight is 408 g/mol. The Hall–Kier alpha value is -2.94. The second kappa shape index (κ2) is 9.32. The molecule has 0 spiro atoms. The van der Waals surface area contributed by atoms with E-state index in [0.717, 1.165) is 11.8 Å². The summed E-state index contributed by atoms with van der Waals surface area (Å²) in [7, 11) is 1.09. The largest absolute Gasteiger partial charge is 0.497 e. The Morgan fingerprint density at radius 2 is 1.64 bits per heavy atom. The molecule has 0 bridgehead atoms. The van der Waals surface area contributed by atoms with E-state index in [1.165, 1.54) is 13.2 Å². The molecule has 0 fully saturated rings. The smallest absolute Gasteiger partial charge is 0.229 e. The number of sulfonamides is 1. The molecule has 2 N–H and O–H groups in total. The van der Waals surface area contributed by atoms with Crippen molar-refractivity contribution >= 4 is 27.3 Å². The molecule has 0 atom stereocenters. The molecule has 8 nitrogen and oxygen atoms in total. The fraction of sp³-hybridized carbons (Fsp3) is 0.316. The van der Waals surface area contributed by atoms with Crippen molar-refractivity contribution < 1.29 is 27.4 Å². The van der Waals surface area contributed by atoms with Crippen LogP contribution >= 0.6 is 0 Å². The predicted octanol–water partition coefficient (Wildman–Crippen LogP) is 2.66. The molecule has 2 rings (SSSR count). The van der Waals surface area contributed by atoms with E-state index < -0.39 is 10.0 Å². The number of methoxy groups -OCH3 is 3. The van der Waals surface area contributed by atoms with Crippen LogP contribution in [-0.2, 0) is 21.2 Å². The van der Waals surface area contributed by atoms with Gasteiger partial charge in [-0.05, 0) is 48.4 Å². The molecule has 28 heavy (non-hydrogen) atoms. The maximum absolute atomic E-state index is 12.3. The van der Waals surface area contributed by atoms with Crippen LogP contribution in [0.25, 0.3) is 0 Å². The number of carbonyl (C=O) groups is 1. The Morgan fingerprint density at radius 3 is 2.25 bits per heavy atom. The van der Waals surface area contributed by atoms with Crippen molar-refractivity contribution in [3.8, 4) is 17.2 Å². The molecule has 0 aliphatic heterocycles. The SMILES string of the molecule is COc1ccc(OC)c(CCC(=O)Nc2ccc(OC)c(NS(C)(=O)=O)c2)c1. The van der Waals surface area contributed by atoms with Crippen molar-refractivity contribution in [2.24, 2.45) is 0 Å². The van der Waals surface area contributed by atoms with Gasteiger partial charge < -0.3 is 19.5 Å². The van der Waals surface area contributed by atoms with Crippen molar-refractivity contribution in [3.05, 3.63) is 42.0 Å². The number of hydrogen-bond acceptors (Lipinski definition) is 6. The number of benzene rings is 2. The minimum atomic E-state index is -3.48. The molecule has 0 aromatic heterocycles. The highest BCUT2D eigenvalue weighted by Crippen LogP contribution is 2.29. The highest BCUT2D eigenvalue weighted by molar-refractivity contribution is 7.92. The van der Waals surface area contributed by atoms with Crippen LogP contribution in [-0.4, -0.2) is 41.9 Å². The fourth-order valence-corrected chi connectivity index (χ4v) is 3.17. The summed E-state index contributed by atoms with van der Waals surface area (Å²) in [5, 5.41) is 2.75. The van der Waals surface area contributed by atoms with Gasteiger partial charge in [-0.25, -0.2) is 8.42 Å². The molecule has 152 valence electrons. The second-order valence-electron chi connectivity index (χ2n) is 6.02. The number of anilines is 2. The molecular weight excluding hydrogens is 384 g/mol. The van der Waals surface area contributed by atoms with E-state index in [4.69, 9.17) is 14.2 Å². The van der Waals surface area contributed by atoms with E-state index in [9.17, 15) is 13.2 Å². The zero-order valence-electron chi connectivity index (χ0n) is 16.2. The third-order valence-electron chi connectivity index (χ3n) is 3.89. The number of nitrogens with one attached hydrogen (secondary N) is 2. The van der Waals surface area contributed by atoms with Crippen LogP contribution in [0.5, 0.6) is 17.2 Å². The molecule has 0 radical (unpaired) electrons. The summed E-state index contributed by atoms with van der Waals surface area (Å²) >= 11 is 0. The van der Waals surface area contributed by atoms with Gasteiger partial charge in [0.25, 0.3) is 0 Å². The third-order valence-corrected chi connectivity index (χ3v) is 4.48. The summed E-state index contributed by atoms with van der Waals surface area (Å²) in [6.07, 6.45) is 1.71. The highest BCUT2D eigenvalue weighted by atomic mass is 32.2. The summed E-state index contributed by atoms with van der Waals surface area (Å²) in [5.74, 6) is 1.49. The van der Waals surface area contributed by atoms with Crippen molar-refractivity contribution in [1.29, 1.82) is 0 Å². The first-order chi connectivity index (χ1) is 13.3. The number of aryl methyl sites for hydroxylation is 1. The molecule has 2 aromatic rings. The number of rotatable bonds is 9. The van der Waals surface area contributed by atoms with Crippen molar-refractivity contribution in [2.45, 2.75) is 12.8 Å². The van der Waals surface area contributed by atoms with Crippen molar-refractivity contribution in [1.82, 2.24) is 0 Å². The Labute approximate surface area is 164 Å². The summed E-state index contributed by atoms with van der Waals surface area (Å²) in [5.41, 5.74) is 1.55. The van der Waals surface area contributed by atoms with E-state index in [2.05, 4.69) is 10.0 Å². The van der Waals surface area contributed by atoms with Gasteiger partial charge in [-0.3, -0.25) is 9.52 Å². The molecule has 9 heteroatoms. The zero-order chi connectivity index (χ0) is 20.7. The fourth-order valence-electron chi connectivity index (χ4n) is 2.61. The third kappa shape index (κ3) is 6.05. The molecule has 2 aromatic carbocycles. The van der Waals surface area contributed by atoms with Gasteiger partial charge >= 0.3 is 0 Å². The Kier molecular flexibility index (Phi) is 7.11. The van der Waals surface area contributed by atoms with Gasteiger partial charge in [0.15, 0.2) is 0 Å². The summed E-state index contributed by atoms with van der Waals surface area (Å²) < 4.78 is 41.0. The molecule has 0 aliphatic rings. The molecule has 0 saturated heterocycles. The topological polar surface area (TPSA) is 103 Å². The average Bonchev–Trinajstić information content (AvgIpc) is 2.65. The van der Waals surface area contributed by atoms with Crippen molar-refractivity contribution in [3.63, 3.8) is 0 Å². The summed E-state index contributed by atoms with van der Waals surface area (Å²) in [6.45, 7) is 0. The van der Waals surface area contributed by atoms with Crippen LogP contribution in [0, 0.1) is 0 Å². The monoisotopic (exact) mass is 408 g/mol. The number of hydrogen-bond donors (Lipinski definition) is 2. The van der Waals surface area contributed by atoms with E-state index in [1.54, 1.807) is 38.5 Å². The minimum absolute atomic E-state index is 0.213. The molecule has 1 amide bonds. The standard InChI is InChI=1S/C19H24N2O6S/c1-25-15-7-9-17(26-2)13(11-15)5-10-19(22)20-14-6-8-18(27-3)16(12-14)21-28(4,23)24/h6-9,11-12,21H,5,10H2,1-4H3,(H,20,22). The Balaban J connectivity index is 2.08. The van der Waals surface area contributed by atoms with Gasteiger partial charge in [-0.2, -0.15) is 0 Å². The zero-order valence-corrected chi connectivity index (χ0v) is 17.1. The molecule has 0 aliphatic carbocycles. The van der Waals surface area contributed by atoms with Crippen LogP contribution in [0.4, 0.5) is 11.4 Å². The predicted molar refractivity (Wildman–Crippen MR) is 108 cm³/mol. The Morgan fingerprint density at radius 1 is 0.964 bits per heavy atom. The van der Waals surface area contributed by atoms with Crippen LogP contribution < -0.4 is 24.2 Å². The Bertz CT molecular complexity index is 943. The van der Waals surface area contributed by atoms with Crippen LogP contribution in [0.3, 0.4) is 0 Å². The van der Waals surface area contributed by atoms with Gasteiger partial charge in [0.1, 0.15) is 17.2 Å². The summed E-state index contributed by atoms with van der Waals surface area (Å²) in [4.78, 5) is 12.3. The molecule has 0 unspecified atom stereocenters. The quantitative estimate of drug-likeness (QED) is 0.661. The normalized spacial score (nSPS) is 10.9. The van der Waals surface area contributed by atoms with Crippen LogP contribution in [0.1, 0.15) is 12.0 Å². The first-order valence-electron chi connectivity index (χ1n) is 8.42. The summed E-state index contributed by atoms with van der Waals surface area (Å²) in [6, 6.07) is 10.1. The van der Waals surface area contributed by atoms with E-state index in [-0.39, 0.29) is 18.0 Å². The second-order valence-corrected chi connectivity index (χ2v) is 7.76. The van der Waals surface area contributed by atoms with Crippen LogP contribution in [0.2, 0.25) is 0 Å². The van der Waals surface area contributed by atoms with E-state index in [1.807, 2.05) is 6.07 Å². The molecule has 0 saturated carbocycles. The lowest BCUT2D eigenvalue weighted by Gasteiger charge is -2.13. The number of amides is 1. The maximum Gasteiger partial charge on any atom is 0.229 e. The van der Waals surface area contributed by atoms with Gasteiger partial charge in [0.2, 0.25) is 15.9 Å². The van der Waals surface area contributed by atoms with Gasteiger partial charge in [0, 0.05) is 12.1 Å². The number of ether oxygens (including phenoxy) is 3. The minimum Gasteiger partial charge on any atom is -0.497 e. The molecular formula is C19H24N2O6S. The highest BCUT2D eigenvalue weighted by Gasteiger charge is 2.12. The first-order valence-corrected chi connectivity index (χ1v) is 10.3.